The van der Waals surface area contributed by atoms with Gasteiger partial charge in [-0.2, -0.15) is 0 Å². The van der Waals surface area contributed by atoms with Gasteiger partial charge in [0, 0.05) is 39.6 Å². The normalized spacial score (nSPS) is 10.2. The molecule has 0 aliphatic rings. The van der Waals surface area contributed by atoms with Crippen LogP contribution in [0.4, 0.5) is 11.4 Å². The summed E-state index contributed by atoms with van der Waals surface area (Å²) in [5.74, 6) is -0.0392. The van der Waals surface area contributed by atoms with Gasteiger partial charge in [0.1, 0.15) is 5.78 Å². The minimum Gasteiger partial charge on any atom is -0.378 e. The zero-order chi connectivity index (χ0) is 16.3. The monoisotopic (exact) mass is 332 g/mol. The summed E-state index contributed by atoms with van der Waals surface area (Å²) in [6.45, 7) is 1.66. The van der Waals surface area contributed by atoms with Crippen LogP contribution in [0.25, 0.3) is 0 Å². The first kappa shape index (κ1) is 19.0. The molecule has 0 radical (unpaired) electrons. The van der Waals surface area contributed by atoms with Crippen molar-refractivity contribution in [2.45, 2.75) is 12.8 Å². The maximum absolute atomic E-state index is 12.2. The van der Waals surface area contributed by atoms with Crippen molar-refractivity contribution in [3.63, 3.8) is 0 Å². The first-order valence-corrected chi connectivity index (χ1v) is 7.45. The molecule has 0 unspecified atom stereocenters. The fourth-order valence-electron chi connectivity index (χ4n) is 2.59. The van der Waals surface area contributed by atoms with Crippen molar-refractivity contribution in [3.8, 4) is 0 Å². The maximum Gasteiger partial charge on any atom is 0.141 e. The van der Waals surface area contributed by atoms with Crippen LogP contribution in [0.2, 0.25) is 0 Å². The van der Waals surface area contributed by atoms with Crippen LogP contribution in [0.3, 0.4) is 0 Å². The van der Waals surface area contributed by atoms with E-state index in [-0.39, 0.29) is 24.1 Å². The van der Waals surface area contributed by atoms with Gasteiger partial charge in [0.05, 0.1) is 5.92 Å². The molecule has 124 valence electrons. The van der Waals surface area contributed by atoms with E-state index in [9.17, 15) is 4.79 Å². The van der Waals surface area contributed by atoms with Crippen LogP contribution in [-0.4, -0.2) is 34.0 Å². The fraction of sp³-hybridized carbons (Fsp3) is 0.316. The van der Waals surface area contributed by atoms with Gasteiger partial charge in [-0.1, -0.05) is 24.3 Å². The molecule has 0 atom stereocenters. The molecule has 0 N–H and O–H groups in total. The predicted octanol–water partition coefficient (Wildman–Crippen LogP) is 3.96. The Balaban J connectivity index is 0.00000264. The number of carbonyl (C=O) groups excluding carboxylic acids is 1. The number of nitrogens with zero attached hydrogens (tertiary/aromatic N) is 2. The van der Waals surface area contributed by atoms with Crippen molar-refractivity contribution in [2.75, 3.05) is 38.0 Å². The number of rotatable bonds is 5. The Morgan fingerprint density at radius 1 is 0.739 bits per heavy atom. The highest BCUT2D eigenvalue weighted by Crippen LogP contribution is 2.28. The molecule has 2 aromatic carbocycles. The van der Waals surface area contributed by atoms with Crippen LogP contribution in [0.5, 0.6) is 0 Å². The zero-order valence-corrected chi connectivity index (χ0v) is 15.2. The fourth-order valence-corrected chi connectivity index (χ4v) is 2.59. The Morgan fingerprint density at radius 2 is 1.04 bits per heavy atom. The minimum atomic E-state index is -0.201. The number of anilines is 2. The number of hydrogen-bond acceptors (Lipinski definition) is 3. The van der Waals surface area contributed by atoms with E-state index >= 15 is 0 Å². The van der Waals surface area contributed by atoms with E-state index < -0.39 is 0 Å². The third kappa shape index (κ3) is 4.49. The van der Waals surface area contributed by atoms with E-state index in [1.54, 1.807) is 6.92 Å². The molecule has 0 fully saturated rings. The lowest BCUT2D eigenvalue weighted by molar-refractivity contribution is -0.117. The largest absolute Gasteiger partial charge is 0.378 e. The Kier molecular flexibility index (Phi) is 6.64. The summed E-state index contributed by atoms with van der Waals surface area (Å²) < 4.78 is 0. The molecule has 0 aliphatic heterocycles. The van der Waals surface area contributed by atoms with E-state index in [2.05, 4.69) is 34.1 Å². The van der Waals surface area contributed by atoms with Crippen molar-refractivity contribution >= 4 is 29.6 Å². The molecule has 0 amide bonds. The average molecular weight is 333 g/mol. The highest BCUT2D eigenvalue weighted by Gasteiger charge is 2.19. The van der Waals surface area contributed by atoms with E-state index in [1.165, 1.54) is 0 Å². The second-order valence-electron chi connectivity index (χ2n) is 6.02. The van der Waals surface area contributed by atoms with E-state index in [0.717, 1.165) is 22.5 Å². The molecule has 3 nitrogen and oxygen atoms in total. The Morgan fingerprint density at radius 3 is 1.26 bits per heavy atom. The molecule has 0 aliphatic carbocycles. The van der Waals surface area contributed by atoms with Crippen LogP contribution in [0.1, 0.15) is 24.0 Å². The summed E-state index contributed by atoms with van der Waals surface area (Å²) in [6, 6.07) is 16.4. The number of carbonyl (C=O) groups is 1. The first-order chi connectivity index (χ1) is 10.4. The smallest absolute Gasteiger partial charge is 0.141 e. The molecule has 2 rings (SSSR count). The lowest BCUT2D eigenvalue weighted by atomic mass is 9.88. The van der Waals surface area contributed by atoms with Crippen molar-refractivity contribution in [1.29, 1.82) is 0 Å². The molecule has 0 saturated heterocycles. The SMILES string of the molecule is CC(=O)C(c1ccc(N(C)C)cc1)c1ccc(N(C)C)cc1.Cl. The van der Waals surface area contributed by atoms with Crippen LogP contribution >= 0.6 is 12.4 Å². The van der Waals surface area contributed by atoms with Gasteiger partial charge in [0.25, 0.3) is 0 Å². The van der Waals surface area contributed by atoms with Crippen LogP contribution in [-0.2, 0) is 4.79 Å². The molecule has 23 heavy (non-hydrogen) atoms. The summed E-state index contributed by atoms with van der Waals surface area (Å²) in [4.78, 5) is 16.3. The van der Waals surface area contributed by atoms with Gasteiger partial charge >= 0.3 is 0 Å². The molecule has 0 spiro atoms. The summed E-state index contributed by atoms with van der Waals surface area (Å²) in [7, 11) is 8.05. The van der Waals surface area contributed by atoms with E-state index in [4.69, 9.17) is 0 Å². The minimum absolute atomic E-state index is 0. The second-order valence-corrected chi connectivity index (χ2v) is 6.02. The third-order valence-corrected chi connectivity index (χ3v) is 3.89. The maximum atomic E-state index is 12.2. The predicted molar refractivity (Wildman–Crippen MR) is 101 cm³/mol. The Hall–Kier alpha value is -2.00. The summed E-state index contributed by atoms with van der Waals surface area (Å²) in [6.07, 6.45) is 0. The van der Waals surface area contributed by atoms with Crippen LogP contribution < -0.4 is 9.80 Å². The van der Waals surface area contributed by atoms with Gasteiger partial charge in [-0.15, -0.1) is 12.4 Å². The average Bonchev–Trinajstić information content (AvgIpc) is 2.48. The van der Waals surface area contributed by atoms with Gasteiger partial charge in [-0.25, -0.2) is 0 Å². The molecule has 2 aromatic rings. The molecule has 4 heteroatoms. The number of halogens is 1. The molecule has 0 heterocycles. The van der Waals surface area contributed by atoms with Crippen molar-refractivity contribution < 1.29 is 4.79 Å². The van der Waals surface area contributed by atoms with Gasteiger partial charge < -0.3 is 9.80 Å². The quantitative estimate of drug-likeness (QED) is 0.828. The highest BCUT2D eigenvalue weighted by atomic mass is 35.5. The molecular formula is C19H25ClN2O. The number of benzene rings is 2. The van der Waals surface area contributed by atoms with Crippen molar-refractivity contribution in [3.05, 3.63) is 59.7 Å². The number of ketones is 1. The third-order valence-electron chi connectivity index (χ3n) is 3.89. The van der Waals surface area contributed by atoms with Gasteiger partial charge in [0.2, 0.25) is 0 Å². The molecule has 0 saturated carbocycles. The standard InChI is InChI=1S/C19H24N2O.ClH/c1-14(22)19(15-6-10-17(11-7-15)20(2)3)16-8-12-18(13-9-16)21(4)5;/h6-13,19H,1-5H3;1H. The summed E-state index contributed by atoms with van der Waals surface area (Å²) in [5.41, 5.74) is 4.34. The van der Waals surface area contributed by atoms with Gasteiger partial charge in [-0.3, -0.25) is 4.79 Å². The Bertz CT molecular complexity index is 582. The van der Waals surface area contributed by atoms with Gasteiger partial charge in [0.15, 0.2) is 0 Å². The molecule has 0 bridgehead atoms. The zero-order valence-electron chi connectivity index (χ0n) is 14.4. The van der Waals surface area contributed by atoms with E-state index in [1.807, 2.05) is 52.5 Å². The number of hydrogen-bond donors (Lipinski definition) is 0. The van der Waals surface area contributed by atoms with Gasteiger partial charge in [-0.05, 0) is 42.3 Å². The Labute approximate surface area is 145 Å². The lowest BCUT2D eigenvalue weighted by Gasteiger charge is -2.19. The topological polar surface area (TPSA) is 23.6 Å². The van der Waals surface area contributed by atoms with Crippen LogP contribution in [0, 0.1) is 0 Å². The van der Waals surface area contributed by atoms with Crippen LogP contribution in [0.15, 0.2) is 48.5 Å². The molecule has 0 aromatic heterocycles. The van der Waals surface area contributed by atoms with E-state index in [0.29, 0.717) is 0 Å². The van der Waals surface area contributed by atoms with Crippen molar-refractivity contribution in [2.24, 2.45) is 0 Å². The summed E-state index contributed by atoms with van der Waals surface area (Å²) >= 11 is 0. The second kappa shape index (κ2) is 8.02. The molecular weight excluding hydrogens is 308 g/mol. The lowest BCUT2D eigenvalue weighted by Crippen LogP contribution is -2.13. The number of Topliss-reactive ketones (excluding diaryl/α,β-unsaturated/α-hetero) is 1. The van der Waals surface area contributed by atoms with Crippen molar-refractivity contribution in [1.82, 2.24) is 0 Å². The highest BCUT2D eigenvalue weighted by molar-refractivity contribution is 5.87. The summed E-state index contributed by atoms with van der Waals surface area (Å²) in [5, 5.41) is 0. The first-order valence-electron chi connectivity index (χ1n) is 7.45.